The summed E-state index contributed by atoms with van der Waals surface area (Å²) >= 11 is 6.00. The van der Waals surface area contributed by atoms with Crippen LogP contribution in [0.3, 0.4) is 0 Å². The summed E-state index contributed by atoms with van der Waals surface area (Å²) in [6.45, 7) is 1.86. The fourth-order valence-corrected chi connectivity index (χ4v) is 1.83. The van der Waals surface area contributed by atoms with E-state index < -0.39 is 12.1 Å². The molecule has 0 amide bonds. The number of rotatable bonds is 6. The van der Waals surface area contributed by atoms with Crippen molar-refractivity contribution >= 4 is 47.1 Å². The number of benzene rings is 2. The third kappa shape index (κ3) is 5.54. The fraction of sp³-hybridized carbons (Fsp3) is 0.188. The van der Waals surface area contributed by atoms with Crippen molar-refractivity contribution in [1.82, 2.24) is 0 Å². The number of hydrogen-bond donors (Lipinski definition) is 1. The second-order valence-electron chi connectivity index (χ2n) is 4.46. The molecule has 1 N–H and O–H groups in total. The first-order valence-electron chi connectivity index (χ1n) is 6.42. The van der Waals surface area contributed by atoms with Gasteiger partial charge in [0.1, 0.15) is 18.1 Å². The van der Waals surface area contributed by atoms with Crippen LogP contribution in [0.4, 0.5) is 0 Å². The Bertz CT molecular complexity index is 616. The van der Waals surface area contributed by atoms with Crippen LogP contribution in [0.25, 0.3) is 0 Å². The number of aliphatic carboxylic acids is 1. The van der Waals surface area contributed by atoms with Crippen LogP contribution < -0.4 is 9.47 Å². The summed E-state index contributed by atoms with van der Waals surface area (Å²) in [5.41, 5.74) is 0.935. The van der Waals surface area contributed by atoms with Gasteiger partial charge in [0.2, 0.25) is 0 Å². The van der Waals surface area contributed by atoms with Gasteiger partial charge in [-0.2, -0.15) is 0 Å². The van der Waals surface area contributed by atoms with Gasteiger partial charge in [-0.25, -0.2) is 4.79 Å². The van der Waals surface area contributed by atoms with Crippen LogP contribution >= 0.6 is 11.6 Å². The van der Waals surface area contributed by atoms with Crippen molar-refractivity contribution in [3.05, 3.63) is 59.1 Å². The van der Waals surface area contributed by atoms with E-state index in [1.807, 2.05) is 24.3 Å². The first-order chi connectivity index (χ1) is 10.1. The minimum atomic E-state index is -0.999. The van der Waals surface area contributed by atoms with Crippen molar-refractivity contribution < 1.29 is 19.4 Å². The number of ether oxygens (including phenoxy) is 2. The van der Waals surface area contributed by atoms with Crippen molar-refractivity contribution in [3.8, 4) is 11.5 Å². The summed E-state index contributed by atoms with van der Waals surface area (Å²) in [6.07, 6.45) is -0.879. The summed E-state index contributed by atoms with van der Waals surface area (Å²) in [5, 5.41) is 9.34. The van der Waals surface area contributed by atoms with Crippen molar-refractivity contribution in [2.24, 2.45) is 0 Å². The zero-order chi connectivity index (χ0) is 15.2. The zero-order valence-corrected chi connectivity index (χ0v) is 12.2. The Hall–Kier alpha value is -1.20. The Balaban J connectivity index is 0.00000242. The fourth-order valence-electron chi connectivity index (χ4n) is 1.64. The van der Waals surface area contributed by atoms with Crippen molar-refractivity contribution in [2.45, 2.75) is 19.6 Å². The molecule has 2 aromatic rings. The molecule has 0 heterocycles. The molecule has 0 saturated carbocycles. The van der Waals surface area contributed by atoms with Crippen LogP contribution in [0.2, 0.25) is 5.02 Å². The van der Waals surface area contributed by atoms with Gasteiger partial charge in [0.15, 0.2) is 6.10 Å². The quantitative estimate of drug-likeness (QED) is 0.827. The second kappa shape index (κ2) is 9.06. The van der Waals surface area contributed by atoms with Crippen LogP contribution in [0, 0.1) is 0 Å². The van der Waals surface area contributed by atoms with Gasteiger partial charge in [-0.3, -0.25) is 0 Å². The molecule has 0 aliphatic rings. The first-order valence-corrected chi connectivity index (χ1v) is 6.80. The molecule has 1 unspecified atom stereocenters. The van der Waals surface area contributed by atoms with Gasteiger partial charge in [0.25, 0.3) is 0 Å². The average Bonchev–Trinajstić information content (AvgIpc) is 2.48. The van der Waals surface area contributed by atoms with Gasteiger partial charge in [0.05, 0.1) is 5.02 Å². The van der Waals surface area contributed by atoms with Crippen LogP contribution in [0.1, 0.15) is 12.5 Å². The maximum atomic E-state index is 10.7. The third-order valence-electron chi connectivity index (χ3n) is 2.81. The SMILES string of the molecule is CC(Oc1ccc(COc2ccccc2Cl)cc1)C(=O)O.[NaH]. The van der Waals surface area contributed by atoms with Crippen molar-refractivity contribution in [2.75, 3.05) is 0 Å². The summed E-state index contributed by atoms with van der Waals surface area (Å²) in [5.74, 6) is 0.131. The first kappa shape index (κ1) is 18.8. The van der Waals surface area contributed by atoms with Gasteiger partial charge < -0.3 is 14.6 Å². The Morgan fingerprint density at radius 2 is 1.82 bits per heavy atom. The molecular formula is C16H16ClNaO4. The molecule has 0 bridgehead atoms. The molecule has 0 aliphatic carbocycles. The number of carbonyl (C=O) groups is 1. The van der Waals surface area contributed by atoms with E-state index in [0.717, 1.165) is 5.56 Å². The molecule has 112 valence electrons. The zero-order valence-electron chi connectivity index (χ0n) is 11.5. The molecule has 0 fully saturated rings. The van der Waals surface area contributed by atoms with Gasteiger partial charge in [0, 0.05) is 0 Å². The molecule has 0 saturated heterocycles. The summed E-state index contributed by atoms with van der Waals surface area (Å²) in [6, 6.07) is 14.3. The van der Waals surface area contributed by atoms with Gasteiger partial charge in [-0.15, -0.1) is 0 Å². The van der Waals surface area contributed by atoms with E-state index in [1.165, 1.54) is 6.92 Å². The average molecular weight is 331 g/mol. The Kier molecular flexibility index (Phi) is 7.76. The van der Waals surface area contributed by atoms with E-state index in [1.54, 1.807) is 24.3 Å². The Morgan fingerprint density at radius 1 is 1.18 bits per heavy atom. The molecule has 0 spiro atoms. The van der Waals surface area contributed by atoms with Crippen LogP contribution in [0.5, 0.6) is 11.5 Å². The van der Waals surface area contributed by atoms with E-state index in [9.17, 15) is 4.79 Å². The van der Waals surface area contributed by atoms with E-state index >= 15 is 0 Å². The van der Waals surface area contributed by atoms with Crippen LogP contribution in [-0.4, -0.2) is 46.7 Å². The summed E-state index contributed by atoms with van der Waals surface area (Å²) in [4.78, 5) is 10.7. The molecule has 0 radical (unpaired) electrons. The summed E-state index contributed by atoms with van der Waals surface area (Å²) < 4.78 is 10.9. The molecular weight excluding hydrogens is 315 g/mol. The van der Waals surface area contributed by atoms with Crippen molar-refractivity contribution in [3.63, 3.8) is 0 Å². The predicted octanol–water partition coefficient (Wildman–Crippen LogP) is 3.12. The monoisotopic (exact) mass is 330 g/mol. The molecule has 0 aliphatic heterocycles. The molecule has 2 rings (SSSR count). The number of para-hydroxylation sites is 1. The minimum absolute atomic E-state index is 0. The van der Waals surface area contributed by atoms with Gasteiger partial charge >= 0.3 is 35.5 Å². The number of halogens is 1. The molecule has 1 atom stereocenters. The molecule has 4 nitrogen and oxygen atoms in total. The number of carboxylic acid groups (broad SMARTS) is 1. The van der Waals surface area contributed by atoms with Crippen LogP contribution in [0.15, 0.2) is 48.5 Å². The normalized spacial score (nSPS) is 11.2. The van der Waals surface area contributed by atoms with Gasteiger partial charge in [-0.05, 0) is 36.8 Å². The summed E-state index contributed by atoms with van der Waals surface area (Å²) in [7, 11) is 0. The topological polar surface area (TPSA) is 55.8 Å². The van der Waals surface area contributed by atoms with E-state index in [-0.39, 0.29) is 29.6 Å². The van der Waals surface area contributed by atoms with E-state index in [2.05, 4.69) is 0 Å². The Morgan fingerprint density at radius 3 is 2.41 bits per heavy atom. The number of carboxylic acids is 1. The van der Waals surface area contributed by atoms with Crippen LogP contribution in [-0.2, 0) is 11.4 Å². The maximum absolute atomic E-state index is 10.7. The third-order valence-corrected chi connectivity index (χ3v) is 3.13. The second-order valence-corrected chi connectivity index (χ2v) is 4.87. The molecule has 6 heteroatoms. The van der Waals surface area contributed by atoms with E-state index in [0.29, 0.717) is 23.1 Å². The van der Waals surface area contributed by atoms with Crippen molar-refractivity contribution in [1.29, 1.82) is 0 Å². The molecule has 0 aromatic heterocycles. The van der Waals surface area contributed by atoms with Gasteiger partial charge in [-0.1, -0.05) is 35.9 Å². The predicted molar refractivity (Wildman–Crippen MR) is 87.1 cm³/mol. The standard InChI is InChI=1S/C16H15ClO4.Na.H/c1-11(16(18)19)21-13-8-6-12(7-9-13)10-20-15-5-3-2-4-14(15)17;;/h2-9,11H,10H2,1H3,(H,18,19);;. The Labute approximate surface area is 156 Å². The van der Waals surface area contributed by atoms with E-state index in [4.69, 9.17) is 26.2 Å². The molecule has 2 aromatic carbocycles. The molecule has 22 heavy (non-hydrogen) atoms. The number of hydrogen-bond acceptors (Lipinski definition) is 3.